The molecule has 1 fully saturated rings. The maximum absolute atomic E-state index is 12.3. The van der Waals surface area contributed by atoms with E-state index in [1.165, 1.54) is 0 Å². The van der Waals surface area contributed by atoms with Crippen LogP contribution in [0.4, 0.5) is 5.95 Å². The van der Waals surface area contributed by atoms with E-state index in [1.54, 1.807) is 29.2 Å². The van der Waals surface area contributed by atoms with Crippen molar-refractivity contribution in [3.63, 3.8) is 0 Å². The Hall–Kier alpha value is -3.01. The fraction of sp³-hybridized carbons (Fsp3) is 0.357. The van der Waals surface area contributed by atoms with E-state index in [0.29, 0.717) is 32.1 Å². The van der Waals surface area contributed by atoms with Gasteiger partial charge in [-0.15, -0.1) is 4.68 Å². The fourth-order valence-corrected chi connectivity index (χ4v) is 2.21. The molecule has 1 aliphatic rings. The van der Waals surface area contributed by atoms with Gasteiger partial charge < -0.3 is 24.5 Å². The average molecular weight is 333 g/mol. The molecule has 1 saturated heterocycles. The van der Waals surface area contributed by atoms with Crippen molar-refractivity contribution in [2.75, 3.05) is 26.3 Å². The lowest BCUT2D eigenvalue weighted by Crippen LogP contribution is -2.42. The second-order valence-corrected chi connectivity index (χ2v) is 5.02. The number of hydrogen-bond acceptors (Lipinski definition) is 7. The highest BCUT2D eigenvalue weighted by molar-refractivity contribution is 5.76. The summed E-state index contributed by atoms with van der Waals surface area (Å²) in [4.78, 5) is 27.8. The normalized spacial score (nSPS) is 14.4. The first kappa shape index (κ1) is 15.9. The highest BCUT2D eigenvalue weighted by Crippen LogP contribution is 2.21. The topological polar surface area (TPSA) is 113 Å². The molecule has 2 heterocycles. The number of rotatable bonds is 5. The van der Waals surface area contributed by atoms with Crippen LogP contribution in [0.2, 0.25) is 0 Å². The maximum Gasteiger partial charge on any atom is 0.494 e. The molecule has 0 radical (unpaired) electrons. The predicted octanol–water partition coefficient (Wildman–Crippen LogP) is 0.837. The molecule has 1 aromatic heterocycles. The third-order valence-corrected chi connectivity index (χ3v) is 3.39. The Morgan fingerprint density at radius 2 is 2.00 bits per heavy atom. The van der Waals surface area contributed by atoms with Crippen molar-refractivity contribution in [1.29, 1.82) is 0 Å². The smallest absolute Gasteiger partial charge is 0.411 e. The van der Waals surface area contributed by atoms with Crippen molar-refractivity contribution < 1.29 is 19.2 Å². The lowest BCUT2D eigenvalue weighted by atomic mass is 10.3. The van der Waals surface area contributed by atoms with Gasteiger partial charge in [-0.3, -0.25) is 4.79 Å². The van der Waals surface area contributed by atoms with Crippen LogP contribution in [0.1, 0.15) is 0 Å². The van der Waals surface area contributed by atoms with Gasteiger partial charge in [-0.2, -0.15) is 0 Å². The van der Waals surface area contributed by atoms with Crippen molar-refractivity contribution in [3.8, 4) is 11.8 Å². The first-order valence-corrected chi connectivity index (χ1v) is 7.31. The zero-order valence-corrected chi connectivity index (χ0v) is 12.7. The van der Waals surface area contributed by atoms with Crippen LogP contribution in [-0.4, -0.2) is 56.8 Å². The highest BCUT2D eigenvalue weighted by atomic mass is 16.6. The van der Waals surface area contributed by atoms with Crippen LogP contribution in [0.3, 0.4) is 0 Å². The Labute approximate surface area is 136 Å². The second-order valence-electron chi connectivity index (χ2n) is 5.02. The zero-order chi connectivity index (χ0) is 16.9. The third-order valence-electron chi connectivity index (χ3n) is 3.39. The molecular weight excluding hydrogens is 318 g/mol. The van der Waals surface area contributed by atoms with Gasteiger partial charge in [-0.25, -0.2) is 0 Å². The number of aromatic nitrogens is 3. The average Bonchev–Trinajstić information content (AvgIpc) is 2.99. The quantitative estimate of drug-likeness (QED) is 0.588. The van der Waals surface area contributed by atoms with Crippen LogP contribution in [0.25, 0.3) is 0 Å². The minimum atomic E-state index is -0.729. The minimum Gasteiger partial charge on any atom is -0.411 e. The van der Waals surface area contributed by atoms with Gasteiger partial charge in [0, 0.05) is 18.2 Å². The molecule has 126 valence electrons. The summed E-state index contributed by atoms with van der Waals surface area (Å²) < 4.78 is 11.8. The number of para-hydroxylation sites is 1. The lowest BCUT2D eigenvalue weighted by molar-refractivity contribution is -0.394. The number of hydrogen-bond donors (Lipinski definition) is 0. The second kappa shape index (κ2) is 7.04. The van der Waals surface area contributed by atoms with Crippen LogP contribution in [0, 0.1) is 10.1 Å². The molecule has 0 atom stereocenters. The van der Waals surface area contributed by atoms with E-state index >= 15 is 0 Å². The largest absolute Gasteiger partial charge is 0.494 e. The number of benzene rings is 1. The fourth-order valence-electron chi connectivity index (χ4n) is 2.21. The van der Waals surface area contributed by atoms with Crippen molar-refractivity contribution in [1.82, 2.24) is 19.7 Å². The molecule has 1 aliphatic heterocycles. The van der Waals surface area contributed by atoms with Gasteiger partial charge in [0.05, 0.1) is 13.2 Å². The Morgan fingerprint density at radius 3 is 2.67 bits per heavy atom. The van der Waals surface area contributed by atoms with Crippen LogP contribution in [-0.2, 0) is 16.1 Å². The summed E-state index contributed by atoms with van der Waals surface area (Å²) in [5, 5.41) is 14.6. The van der Waals surface area contributed by atoms with Crippen LogP contribution in [0.15, 0.2) is 30.3 Å². The Morgan fingerprint density at radius 1 is 1.29 bits per heavy atom. The third kappa shape index (κ3) is 3.66. The molecule has 2 aromatic rings. The molecule has 10 nitrogen and oxygen atoms in total. The zero-order valence-electron chi connectivity index (χ0n) is 12.7. The van der Waals surface area contributed by atoms with Gasteiger partial charge in [-0.1, -0.05) is 18.2 Å². The van der Waals surface area contributed by atoms with E-state index in [-0.39, 0.29) is 18.5 Å². The van der Waals surface area contributed by atoms with E-state index in [0.717, 1.165) is 4.68 Å². The molecule has 10 heteroatoms. The minimum absolute atomic E-state index is 0.102. The number of ether oxygens (including phenoxy) is 2. The van der Waals surface area contributed by atoms with Crippen molar-refractivity contribution in [3.05, 3.63) is 40.4 Å². The number of nitrogens with zero attached hydrogens (tertiary/aromatic N) is 5. The summed E-state index contributed by atoms with van der Waals surface area (Å²) in [7, 11) is 0. The summed E-state index contributed by atoms with van der Waals surface area (Å²) in [5.41, 5.74) is 0. The van der Waals surface area contributed by atoms with Gasteiger partial charge in [-0.05, 0) is 22.0 Å². The summed E-state index contributed by atoms with van der Waals surface area (Å²) in [6, 6.07) is 8.56. The van der Waals surface area contributed by atoms with Gasteiger partial charge in [0.25, 0.3) is 0 Å². The van der Waals surface area contributed by atoms with E-state index in [4.69, 9.17) is 9.47 Å². The highest BCUT2D eigenvalue weighted by Gasteiger charge is 2.27. The molecule has 1 aromatic carbocycles. The van der Waals surface area contributed by atoms with Crippen LogP contribution in [0.5, 0.6) is 11.8 Å². The van der Waals surface area contributed by atoms with Crippen LogP contribution < -0.4 is 4.74 Å². The van der Waals surface area contributed by atoms with E-state index in [1.807, 2.05) is 6.07 Å². The molecule has 1 amide bonds. The standard InChI is InChI=1S/C14H15N5O5/c20-12(17-6-8-23-9-7-17)10-18-14(15-13(16-18)19(21)22)24-11-4-2-1-3-5-11/h1-5H,6-10H2. The van der Waals surface area contributed by atoms with Crippen molar-refractivity contribution in [2.45, 2.75) is 6.54 Å². The Kier molecular flexibility index (Phi) is 4.66. The molecule has 24 heavy (non-hydrogen) atoms. The summed E-state index contributed by atoms with van der Waals surface area (Å²) in [6.07, 6.45) is 0. The molecule has 0 N–H and O–H groups in total. The lowest BCUT2D eigenvalue weighted by Gasteiger charge is -2.26. The number of carbonyl (C=O) groups is 1. The Bertz CT molecular complexity index is 726. The monoisotopic (exact) mass is 333 g/mol. The summed E-state index contributed by atoms with van der Waals surface area (Å²) in [5.74, 6) is -0.397. The number of morpholine rings is 1. The van der Waals surface area contributed by atoms with Gasteiger partial charge in [0.1, 0.15) is 12.3 Å². The van der Waals surface area contributed by atoms with Gasteiger partial charge >= 0.3 is 12.0 Å². The number of carbonyl (C=O) groups excluding carboxylic acids is 1. The first-order valence-electron chi connectivity index (χ1n) is 7.31. The SMILES string of the molecule is O=C(Cn1nc([N+](=O)[O-])nc1Oc1ccccc1)N1CCOCC1. The van der Waals surface area contributed by atoms with Crippen molar-refractivity contribution in [2.24, 2.45) is 0 Å². The van der Waals surface area contributed by atoms with Gasteiger partial charge in [0.2, 0.25) is 5.91 Å². The molecule has 0 saturated carbocycles. The number of amides is 1. The van der Waals surface area contributed by atoms with E-state index in [2.05, 4.69) is 10.1 Å². The Balaban J connectivity index is 1.80. The van der Waals surface area contributed by atoms with E-state index < -0.39 is 10.9 Å². The molecule has 0 bridgehead atoms. The van der Waals surface area contributed by atoms with Gasteiger partial charge in [0.15, 0.2) is 0 Å². The molecule has 0 spiro atoms. The maximum atomic E-state index is 12.3. The van der Waals surface area contributed by atoms with Crippen molar-refractivity contribution >= 4 is 11.9 Å². The molecule has 0 unspecified atom stereocenters. The molecule has 3 rings (SSSR count). The summed E-state index contributed by atoms with van der Waals surface area (Å²) in [6.45, 7) is 1.70. The van der Waals surface area contributed by atoms with E-state index in [9.17, 15) is 14.9 Å². The molecular formula is C14H15N5O5. The predicted molar refractivity (Wildman–Crippen MR) is 80.6 cm³/mol. The summed E-state index contributed by atoms with van der Waals surface area (Å²) >= 11 is 0. The van der Waals surface area contributed by atoms with Crippen LogP contribution >= 0.6 is 0 Å². The number of nitro groups is 1. The molecule has 0 aliphatic carbocycles. The first-order chi connectivity index (χ1) is 11.6.